The van der Waals surface area contributed by atoms with Crippen molar-refractivity contribution in [2.45, 2.75) is 45.5 Å². The molecular weight excluding hydrogens is 332 g/mol. The standard InChI is InChI=1S/C19H26N4O3/c1-3-16-12-22(13-17-20-18(14-25-2)26-21-17)10-9-19(24)23(16)11-15-7-5-4-6-8-15/h4-8,16H,3,9-14H2,1-2H3/t16-/m1/s1. The van der Waals surface area contributed by atoms with E-state index in [0.717, 1.165) is 18.5 Å². The molecule has 7 nitrogen and oxygen atoms in total. The van der Waals surface area contributed by atoms with Crippen molar-refractivity contribution in [3.63, 3.8) is 0 Å². The molecule has 1 saturated heterocycles. The summed E-state index contributed by atoms with van der Waals surface area (Å²) < 4.78 is 10.2. The molecule has 2 aromatic rings. The van der Waals surface area contributed by atoms with Crippen LogP contribution in [-0.2, 0) is 29.2 Å². The van der Waals surface area contributed by atoms with E-state index in [1.165, 1.54) is 0 Å². The Kier molecular flexibility index (Phi) is 6.35. The second kappa shape index (κ2) is 8.91. The highest BCUT2D eigenvalue weighted by Gasteiger charge is 2.29. The molecule has 1 aliphatic heterocycles. The molecule has 1 aromatic carbocycles. The monoisotopic (exact) mass is 358 g/mol. The number of rotatable bonds is 7. The highest BCUT2D eigenvalue weighted by atomic mass is 16.5. The largest absolute Gasteiger partial charge is 0.375 e. The van der Waals surface area contributed by atoms with Crippen LogP contribution in [0.4, 0.5) is 0 Å². The van der Waals surface area contributed by atoms with E-state index in [4.69, 9.17) is 9.26 Å². The summed E-state index contributed by atoms with van der Waals surface area (Å²) in [6, 6.07) is 10.3. The van der Waals surface area contributed by atoms with Gasteiger partial charge in [-0.05, 0) is 12.0 Å². The molecule has 0 N–H and O–H groups in total. The highest BCUT2D eigenvalue weighted by Crippen LogP contribution is 2.19. The Bertz CT molecular complexity index is 704. The lowest BCUT2D eigenvalue weighted by atomic mass is 10.1. The van der Waals surface area contributed by atoms with Crippen molar-refractivity contribution in [2.75, 3.05) is 20.2 Å². The summed E-state index contributed by atoms with van der Waals surface area (Å²) in [5, 5.41) is 4.01. The van der Waals surface area contributed by atoms with Gasteiger partial charge in [-0.2, -0.15) is 4.98 Å². The van der Waals surface area contributed by atoms with E-state index in [1.54, 1.807) is 7.11 Å². The molecule has 1 aliphatic rings. The first kappa shape index (κ1) is 18.5. The zero-order valence-corrected chi connectivity index (χ0v) is 15.4. The van der Waals surface area contributed by atoms with Gasteiger partial charge in [0.25, 0.3) is 5.89 Å². The second-order valence-corrected chi connectivity index (χ2v) is 6.59. The van der Waals surface area contributed by atoms with Crippen molar-refractivity contribution in [1.82, 2.24) is 19.9 Å². The van der Waals surface area contributed by atoms with Crippen LogP contribution < -0.4 is 0 Å². The van der Waals surface area contributed by atoms with Crippen LogP contribution in [0.2, 0.25) is 0 Å². The molecule has 26 heavy (non-hydrogen) atoms. The fraction of sp³-hybridized carbons (Fsp3) is 0.526. The summed E-state index contributed by atoms with van der Waals surface area (Å²) in [5.41, 5.74) is 1.16. The topological polar surface area (TPSA) is 71.7 Å². The Labute approximate surface area is 153 Å². The van der Waals surface area contributed by atoms with E-state index < -0.39 is 0 Å². The number of hydrogen-bond donors (Lipinski definition) is 0. The number of methoxy groups -OCH3 is 1. The number of benzene rings is 1. The molecule has 7 heteroatoms. The van der Waals surface area contributed by atoms with Gasteiger partial charge in [-0.1, -0.05) is 42.4 Å². The number of carbonyl (C=O) groups excluding carboxylic acids is 1. The van der Waals surface area contributed by atoms with Crippen molar-refractivity contribution in [3.8, 4) is 0 Å². The minimum atomic E-state index is 0.176. The average molecular weight is 358 g/mol. The van der Waals surface area contributed by atoms with Crippen LogP contribution in [-0.4, -0.2) is 52.1 Å². The molecule has 0 bridgehead atoms. The summed E-state index contributed by atoms with van der Waals surface area (Å²) in [5.74, 6) is 1.32. The Morgan fingerprint density at radius 3 is 2.81 bits per heavy atom. The molecule has 1 aromatic heterocycles. The maximum atomic E-state index is 12.7. The van der Waals surface area contributed by atoms with Crippen LogP contribution in [0.3, 0.4) is 0 Å². The van der Waals surface area contributed by atoms with Crippen LogP contribution in [0.1, 0.15) is 37.0 Å². The zero-order chi connectivity index (χ0) is 18.4. The third-order valence-electron chi connectivity index (χ3n) is 4.68. The van der Waals surface area contributed by atoms with E-state index >= 15 is 0 Å². The van der Waals surface area contributed by atoms with Crippen molar-refractivity contribution in [1.29, 1.82) is 0 Å². The van der Waals surface area contributed by atoms with Gasteiger partial charge in [0.1, 0.15) is 6.61 Å². The number of amides is 1. The van der Waals surface area contributed by atoms with Gasteiger partial charge >= 0.3 is 0 Å². The van der Waals surface area contributed by atoms with Gasteiger partial charge in [0.15, 0.2) is 5.82 Å². The van der Waals surface area contributed by atoms with E-state index in [2.05, 4.69) is 34.1 Å². The lowest BCUT2D eigenvalue weighted by Crippen LogP contribution is -2.42. The molecule has 3 rings (SSSR count). The number of hydrogen-bond acceptors (Lipinski definition) is 6. The second-order valence-electron chi connectivity index (χ2n) is 6.59. The minimum absolute atomic E-state index is 0.176. The molecule has 1 fully saturated rings. The molecule has 140 valence electrons. The summed E-state index contributed by atoms with van der Waals surface area (Å²) in [6.45, 7) is 5.19. The fourth-order valence-electron chi connectivity index (χ4n) is 3.32. The smallest absolute Gasteiger partial charge is 0.252 e. The summed E-state index contributed by atoms with van der Waals surface area (Å²) in [7, 11) is 1.59. The summed E-state index contributed by atoms with van der Waals surface area (Å²) >= 11 is 0. The van der Waals surface area contributed by atoms with Crippen LogP contribution in [0.5, 0.6) is 0 Å². The molecule has 0 saturated carbocycles. The van der Waals surface area contributed by atoms with Gasteiger partial charge in [-0.25, -0.2) is 0 Å². The Hall–Kier alpha value is -2.25. The van der Waals surface area contributed by atoms with E-state index in [-0.39, 0.29) is 11.9 Å². The first-order chi connectivity index (χ1) is 12.7. The normalized spacial score (nSPS) is 18.9. The van der Waals surface area contributed by atoms with Crippen molar-refractivity contribution < 1.29 is 14.1 Å². The van der Waals surface area contributed by atoms with E-state index in [0.29, 0.717) is 44.4 Å². The maximum Gasteiger partial charge on any atom is 0.252 e. The van der Waals surface area contributed by atoms with Gasteiger partial charge in [-0.15, -0.1) is 0 Å². The van der Waals surface area contributed by atoms with E-state index in [1.807, 2.05) is 23.1 Å². The Morgan fingerprint density at radius 1 is 1.27 bits per heavy atom. The molecule has 0 spiro atoms. The Balaban J connectivity index is 1.67. The summed E-state index contributed by atoms with van der Waals surface area (Å²) in [6.07, 6.45) is 1.42. The van der Waals surface area contributed by atoms with Crippen LogP contribution in [0.15, 0.2) is 34.9 Å². The van der Waals surface area contributed by atoms with Crippen LogP contribution in [0.25, 0.3) is 0 Å². The first-order valence-electron chi connectivity index (χ1n) is 9.05. The first-order valence-corrected chi connectivity index (χ1v) is 9.05. The third-order valence-corrected chi connectivity index (χ3v) is 4.68. The average Bonchev–Trinajstić information content (AvgIpc) is 3.04. The lowest BCUT2D eigenvalue weighted by molar-refractivity contribution is -0.133. The molecule has 1 amide bonds. The number of nitrogens with zero attached hydrogens (tertiary/aromatic N) is 4. The van der Waals surface area contributed by atoms with Crippen LogP contribution in [0, 0.1) is 0 Å². The molecule has 0 radical (unpaired) electrons. The minimum Gasteiger partial charge on any atom is -0.375 e. The molecule has 2 heterocycles. The van der Waals surface area contributed by atoms with Gasteiger partial charge in [0, 0.05) is 39.2 Å². The molecule has 1 atom stereocenters. The molecular formula is C19H26N4O3. The maximum absolute atomic E-state index is 12.7. The lowest BCUT2D eigenvalue weighted by Gasteiger charge is -2.31. The van der Waals surface area contributed by atoms with Crippen molar-refractivity contribution in [3.05, 3.63) is 47.6 Å². The zero-order valence-electron chi connectivity index (χ0n) is 15.4. The molecule has 0 aliphatic carbocycles. The van der Waals surface area contributed by atoms with Gasteiger partial charge in [0.05, 0.1) is 6.54 Å². The van der Waals surface area contributed by atoms with Crippen molar-refractivity contribution >= 4 is 5.91 Å². The van der Waals surface area contributed by atoms with Gasteiger partial charge in [0.2, 0.25) is 5.91 Å². The van der Waals surface area contributed by atoms with Gasteiger partial charge < -0.3 is 14.2 Å². The van der Waals surface area contributed by atoms with E-state index in [9.17, 15) is 4.79 Å². The molecule has 0 unspecified atom stereocenters. The quantitative estimate of drug-likeness (QED) is 0.756. The fourth-order valence-corrected chi connectivity index (χ4v) is 3.32. The highest BCUT2D eigenvalue weighted by molar-refractivity contribution is 5.77. The number of aromatic nitrogens is 2. The van der Waals surface area contributed by atoms with Crippen molar-refractivity contribution in [2.24, 2.45) is 0 Å². The predicted molar refractivity (Wildman–Crippen MR) is 96.0 cm³/mol. The number of carbonyl (C=O) groups is 1. The SMILES string of the molecule is CC[C@@H]1CN(Cc2noc(COC)n2)CCC(=O)N1Cc1ccccc1. The summed E-state index contributed by atoms with van der Waals surface area (Å²) in [4.78, 5) is 21.3. The number of ether oxygens (including phenoxy) is 1. The third kappa shape index (κ3) is 4.68. The van der Waals surface area contributed by atoms with Crippen LogP contribution >= 0.6 is 0 Å². The predicted octanol–water partition coefficient (Wildman–Crippen LogP) is 2.23. The Morgan fingerprint density at radius 2 is 2.08 bits per heavy atom. The van der Waals surface area contributed by atoms with Gasteiger partial charge in [-0.3, -0.25) is 9.69 Å².